The summed E-state index contributed by atoms with van der Waals surface area (Å²) in [5.41, 5.74) is 25.4. The van der Waals surface area contributed by atoms with Gasteiger partial charge >= 0.3 is 0 Å². The van der Waals surface area contributed by atoms with E-state index < -0.39 is 0 Å². The monoisotopic (exact) mass is 1020 g/mol. The van der Waals surface area contributed by atoms with Gasteiger partial charge in [0.05, 0.1) is 0 Å². The first kappa shape index (κ1) is 49.5. The average molecular weight is 1030 g/mol. The standard InChI is InChI=1S/C78H60N2/c1-53-31-39-61(40-32-53)79(62-41-33-54(2)34-42-62)65-47-49-71-73(51-65)77(75-67(57-19-9-5-10-20-57)27-17-28-68(75)58-21-11-6-12-22-58)72-50-48-66(80(63-43-35-55(3)36-44-63)64-45-37-56(4)38-46-64)52-74(72)78(71)76-69(59-23-13-7-14-24-59)29-18-30-70(76)60-25-15-8-16-26-60/h5-52H,1-4H3. The van der Waals surface area contributed by atoms with Crippen LogP contribution in [0.3, 0.4) is 0 Å². The number of aryl methyl sites for hydroxylation is 4. The maximum Gasteiger partial charge on any atom is 0.0468 e. The highest BCUT2D eigenvalue weighted by molar-refractivity contribution is 6.26. The Bertz CT molecular complexity index is 3830. The lowest BCUT2D eigenvalue weighted by atomic mass is 9.78. The fourth-order valence-corrected chi connectivity index (χ4v) is 11.8. The van der Waals surface area contributed by atoms with Crippen molar-refractivity contribution in [1.29, 1.82) is 0 Å². The summed E-state index contributed by atoms with van der Waals surface area (Å²) in [6.45, 7) is 8.64. The zero-order valence-corrected chi connectivity index (χ0v) is 45.6. The molecule has 0 bridgehead atoms. The Hall–Kier alpha value is -10.0. The maximum absolute atomic E-state index is 2.48. The SMILES string of the molecule is Cc1ccc(N(c2ccc(C)cc2)c2ccc3c(-c4c(-c5ccccc5)cccc4-c4ccccc4)c4cc(N(c5ccc(C)cc5)c5ccc(C)cc5)ccc4c(-c4c(-c5ccccc5)cccc4-c4ccccc4)c3c2)cc1. The van der Waals surface area contributed by atoms with Gasteiger partial charge in [-0.2, -0.15) is 0 Å². The molecule has 0 aliphatic rings. The Morgan fingerprint density at radius 3 is 0.675 bits per heavy atom. The molecule has 0 amide bonds. The van der Waals surface area contributed by atoms with Crippen LogP contribution < -0.4 is 9.80 Å². The van der Waals surface area contributed by atoms with E-state index in [4.69, 9.17) is 0 Å². The van der Waals surface area contributed by atoms with Crippen LogP contribution in [0.25, 0.3) is 88.3 Å². The van der Waals surface area contributed by atoms with Gasteiger partial charge in [0.25, 0.3) is 0 Å². The molecule has 0 saturated heterocycles. The van der Waals surface area contributed by atoms with E-state index in [0.29, 0.717) is 0 Å². The smallest absolute Gasteiger partial charge is 0.0468 e. The maximum atomic E-state index is 2.48. The third-order valence-electron chi connectivity index (χ3n) is 15.7. The second-order valence-corrected chi connectivity index (χ2v) is 21.1. The fourth-order valence-electron chi connectivity index (χ4n) is 11.8. The lowest BCUT2D eigenvalue weighted by Gasteiger charge is -2.29. The zero-order chi connectivity index (χ0) is 54.1. The number of hydrogen-bond donors (Lipinski definition) is 0. The first-order valence-electron chi connectivity index (χ1n) is 27.7. The largest absolute Gasteiger partial charge is 0.310 e. The molecule has 0 aliphatic heterocycles. The minimum absolute atomic E-state index is 1.07. The van der Waals surface area contributed by atoms with Crippen molar-refractivity contribution in [1.82, 2.24) is 0 Å². The highest BCUT2D eigenvalue weighted by atomic mass is 15.1. The van der Waals surface area contributed by atoms with Crippen molar-refractivity contribution in [3.63, 3.8) is 0 Å². The van der Waals surface area contributed by atoms with Crippen molar-refractivity contribution < 1.29 is 0 Å². The highest BCUT2D eigenvalue weighted by Gasteiger charge is 2.28. The Morgan fingerprint density at radius 2 is 0.425 bits per heavy atom. The fraction of sp³-hybridized carbons (Fsp3) is 0.0513. The van der Waals surface area contributed by atoms with Crippen molar-refractivity contribution in [2.75, 3.05) is 9.80 Å². The third-order valence-corrected chi connectivity index (χ3v) is 15.7. The normalized spacial score (nSPS) is 11.2. The van der Waals surface area contributed by atoms with Crippen LogP contribution in [0.5, 0.6) is 0 Å². The van der Waals surface area contributed by atoms with E-state index in [2.05, 4.69) is 329 Å². The van der Waals surface area contributed by atoms with E-state index in [1.165, 1.54) is 66.8 Å². The molecule has 0 aliphatic carbocycles. The van der Waals surface area contributed by atoms with E-state index >= 15 is 0 Å². The average Bonchev–Trinajstić information content (AvgIpc) is 3.65. The molecule has 382 valence electrons. The van der Waals surface area contributed by atoms with Crippen molar-refractivity contribution in [2.24, 2.45) is 0 Å². The molecule has 0 radical (unpaired) electrons. The van der Waals surface area contributed by atoms with Gasteiger partial charge in [-0.1, -0.05) is 241 Å². The van der Waals surface area contributed by atoms with Crippen LogP contribution in [0, 0.1) is 27.7 Å². The molecule has 0 fully saturated rings. The molecule has 0 spiro atoms. The van der Waals surface area contributed by atoms with Crippen LogP contribution in [-0.2, 0) is 0 Å². The Balaban J connectivity index is 1.25. The summed E-state index contributed by atoms with van der Waals surface area (Å²) in [7, 11) is 0. The van der Waals surface area contributed by atoms with Crippen LogP contribution in [-0.4, -0.2) is 0 Å². The second kappa shape index (κ2) is 21.4. The summed E-state index contributed by atoms with van der Waals surface area (Å²) in [4.78, 5) is 4.84. The molecule has 2 nitrogen and oxygen atoms in total. The number of nitrogens with zero attached hydrogens (tertiary/aromatic N) is 2. The van der Waals surface area contributed by atoms with Crippen molar-refractivity contribution in [2.45, 2.75) is 27.7 Å². The van der Waals surface area contributed by atoms with Gasteiger partial charge in [-0.05, 0) is 189 Å². The molecule has 13 aromatic carbocycles. The Kier molecular flexibility index (Phi) is 13.3. The number of anilines is 6. The van der Waals surface area contributed by atoms with E-state index in [9.17, 15) is 0 Å². The summed E-state index contributed by atoms with van der Waals surface area (Å²) >= 11 is 0. The highest BCUT2D eigenvalue weighted by Crippen LogP contribution is 2.54. The van der Waals surface area contributed by atoms with Crippen LogP contribution in [0.1, 0.15) is 22.3 Å². The predicted molar refractivity (Wildman–Crippen MR) is 342 cm³/mol. The number of hydrogen-bond acceptors (Lipinski definition) is 2. The van der Waals surface area contributed by atoms with E-state index in [1.54, 1.807) is 0 Å². The van der Waals surface area contributed by atoms with Crippen molar-refractivity contribution in [3.8, 4) is 66.8 Å². The molecule has 0 heterocycles. The third kappa shape index (κ3) is 9.42. The van der Waals surface area contributed by atoms with E-state index in [-0.39, 0.29) is 0 Å². The second-order valence-electron chi connectivity index (χ2n) is 21.1. The van der Waals surface area contributed by atoms with Gasteiger partial charge in [-0.25, -0.2) is 0 Å². The lowest BCUT2D eigenvalue weighted by Crippen LogP contribution is -2.11. The molecule has 13 rings (SSSR count). The molecule has 80 heavy (non-hydrogen) atoms. The molecule has 13 aromatic rings. The summed E-state index contributed by atoms with van der Waals surface area (Å²) in [5, 5.41) is 4.61. The number of rotatable bonds is 12. The van der Waals surface area contributed by atoms with Gasteiger partial charge in [-0.15, -0.1) is 0 Å². The van der Waals surface area contributed by atoms with Crippen molar-refractivity contribution >= 4 is 55.7 Å². The Labute approximate surface area is 470 Å². The minimum Gasteiger partial charge on any atom is -0.310 e. The molecule has 0 aromatic heterocycles. The summed E-state index contributed by atoms with van der Waals surface area (Å²) in [6.07, 6.45) is 0. The predicted octanol–water partition coefficient (Wildman–Crippen LogP) is 22.2. The first-order chi connectivity index (χ1) is 39.3. The van der Waals surface area contributed by atoms with Crippen LogP contribution in [0.4, 0.5) is 34.1 Å². The molecule has 2 heteroatoms. The lowest BCUT2D eigenvalue weighted by molar-refractivity contribution is 1.27. The molecule has 0 N–H and O–H groups in total. The molecular formula is C78H60N2. The topological polar surface area (TPSA) is 6.48 Å². The van der Waals surface area contributed by atoms with E-state index in [0.717, 1.165) is 77.9 Å². The van der Waals surface area contributed by atoms with Gasteiger partial charge in [0.2, 0.25) is 0 Å². The van der Waals surface area contributed by atoms with Crippen LogP contribution in [0.15, 0.2) is 291 Å². The molecule has 0 atom stereocenters. The molecular weight excluding hydrogens is 965 g/mol. The summed E-state index contributed by atoms with van der Waals surface area (Å²) in [6, 6.07) is 108. The van der Waals surface area contributed by atoms with Gasteiger partial charge in [0.1, 0.15) is 0 Å². The van der Waals surface area contributed by atoms with Crippen LogP contribution >= 0.6 is 0 Å². The first-order valence-corrected chi connectivity index (χ1v) is 27.7. The number of fused-ring (bicyclic) bond motifs is 2. The quantitative estimate of drug-likeness (QED) is 0.113. The zero-order valence-electron chi connectivity index (χ0n) is 45.6. The number of benzene rings is 13. The van der Waals surface area contributed by atoms with Crippen molar-refractivity contribution in [3.05, 3.63) is 313 Å². The van der Waals surface area contributed by atoms with Crippen LogP contribution in [0.2, 0.25) is 0 Å². The van der Waals surface area contributed by atoms with E-state index in [1.807, 2.05) is 0 Å². The molecule has 0 unspecified atom stereocenters. The van der Waals surface area contributed by atoms with Gasteiger partial charge < -0.3 is 9.80 Å². The molecule has 0 saturated carbocycles. The summed E-state index contributed by atoms with van der Waals surface area (Å²) in [5.74, 6) is 0. The van der Waals surface area contributed by atoms with Gasteiger partial charge in [0.15, 0.2) is 0 Å². The summed E-state index contributed by atoms with van der Waals surface area (Å²) < 4.78 is 0. The van der Waals surface area contributed by atoms with Gasteiger partial charge in [-0.3, -0.25) is 0 Å². The minimum atomic E-state index is 1.07. The Morgan fingerprint density at radius 1 is 0.188 bits per heavy atom. The van der Waals surface area contributed by atoms with Gasteiger partial charge in [0, 0.05) is 34.1 Å².